The molecule has 3 atom stereocenters. The summed E-state index contributed by atoms with van der Waals surface area (Å²) in [6, 6.07) is 0. The molecule has 1 aliphatic heterocycles. The first-order valence-corrected chi connectivity index (χ1v) is 9.01. The highest BCUT2D eigenvalue weighted by Gasteiger charge is 2.57. The molecule has 0 aromatic carbocycles. The lowest BCUT2D eigenvalue weighted by atomic mass is 9.51. The number of amides is 1. The molecule has 5 aliphatic rings. The molecule has 5 fully saturated rings. The molecule has 4 aliphatic carbocycles. The molecule has 23 heavy (non-hydrogen) atoms. The van der Waals surface area contributed by atoms with E-state index in [1.807, 2.05) is 0 Å². The molecule has 1 amide bonds. The van der Waals surface area contributed by atoms with Crippen molar-refractivity contribution in [3.05, 3.63) is 0 Å². The van der Waals surface area contributed by atoms with E-state index in [0.717, 1.165) is 38.5 Å². The monoisotopic (exact) mass is 322 g/mol. The molecular weight excluding hydrogens is 295 g/mol. The van der Waals surface area contributed by atoms with Gasteiger partial charge in [0.05, 0.1) is 18.1 Å². The van der Waals surface area contributed by atoms with Gasteiger partial charge in [-0.2, -0.15) is 0 Å². The molecule has 1 heterocycles. The van der Waals surface area contributed by atoms with Crippen LogP contribution in [0.4, 0.5) is 0 Å². The summed E-state index contributed by atoms with van der Waals surface area (Å²) >= 11 is 0. The second-order valence-corrected chi connectivity index (χ2v) is 8.53. The third-order valence-electron chi connectivity index (χ3n) is 6.61. The van der Waals surface area contributed by atoms with E-state index in [-0.39, 0.29) is 18.0 Å². The van der Waals surface area contributed by atoms with Crippen LogP contribution in [0.15, 0.2) is 0 Å². The van der Waals surface area contributed by atoms with Crippen LogP contribution in [-0.4, -0.2) is 63.3 Å². The lowest BCUT2D eigenvalue weighted by Gasteiger charge is -2.60. The molecule has 3 unspecified atom stereocenters. The highest BCUT2D eigenvalue weighted by molar-refractivity contribution is 6.43. The fraction of sp³-hybridized carbons (Fsp3) is 0.938. The summed E-state index contributed by atoms with van der Waals surface area (Å²) in [4.78, 5) is 14.1. The molecule has 0 aromatic rings. The van der Waals surface area contributed by atoms with Crippen LogP contribution in [0.25, 0.3) is 0 Å². The number of aliphatic hydroxyl groups is 1. The van der Waals surface area contributed by atoms with E-state index in [9.17, 15) is 19.9 Å². The fourth-order valence-electron chi connectivity index (χ4n) is 6.20. The Bertz CT molecular complexity index is 486. The molecule has 4 bridgehead atoms. The summed E-state index contributed by atoms with van der Waals surface area (Å²) in [5.41, 5.74) is -0.626. The Kier molecular flexibility index (Phi) is 3.76. The smallest absolute Gasteiger partial charge is 0.426 e. The van der Waals surface area contributed by atoms with E-state index in [1.54, 1.807) is 4.90 Å². The van der Waals surface area contributed by atoms with Crippen LogP contribution >= 0.6 is 0 Å². The van der Waals surface area contributed by atoms with Gasteiger partial charge in [-0.25, -0.2) is 0 Å². The molecule has 128 valence electrons. The summed E-state index contributed by atoms with van der Waals surface area (Å²) in [7, 11) is -1.46. The lowest BCUT2D eigenvalue weighted by Crippen LogP contribution is -2.65. The largest absolute Gasteiger partial charge is 0.475 e. The Morgan fingerprint density at radius 2 is 1.91 bits per heavy atom. The second kappa shape index (κ2) is 5.44. The summed E-state index contributed by atoms with van der Waals surface area (Å²) in [6.07, 6.45) is 7.42. The van der Waals surface area contributed by atoms with Crippen molar-refractivity contribution in [2.45, 2.75) is 68.4 Å². The van der Waals surface area contributed by atoms with Crippen LogP contribution in [0.5, 0.6) is 0 Å². The Balaban J connectivity index is 1.40. The summed E-state index contributed by atoms with van der Waals surface area (Å²) < 4.78 is 0. The number of rotatable bonds is 4. The summed E-state index contributed by atoms with van der Waals surface area (Å²) in [5.74, 6) is 0.651. The number of carbonyl (C=O) groups is 1. The molecule has 4 N–H and O–H groups in total. The van der Waals surface area contributed by atoms with Crippen molar-refractivity contribution in [2.24, 2.45) is 11.8 Å². The molecule has 0 spiro atoms. The maximum absolute atomic E-state index is 12.5. The van der Waals surface area contributed by atoms with Crippen molar-refractivity contribution >= 4 is 13.0 Å². The van der Waals surface area contributed by atoms with Crippen molar-refractivity contribution in [1.82, 2.24) is 10.2 Å². The van der Waals surface area contributed by atoms with Crippen molar-refractivity contribution in [2.75, 3.05) is 13.1 Å². The standard InChI is InChI=1S/C16H27BN2O4/c20-14(19-3-1-2-13(19)17(22)23)9-18-15-5-11-4-12(6-15)8-16(21,7-11)10-15/h11-13,18,21-23H,1-10H2. The highest BCUT2D eigenvalue weighted by Crippen LogP contribution is 2.57. The predicted molar refractivity (Wildman–Crippen MR) is 85.3 cm³/mol. The van der Waals surface area contributed by atoms with Gasteiger partial charge >= 0.3 is 7.12 Å². The first kappa shape index (κ1) is 15.9. The van der Waals surface area contributed by atoms with Crippen molar-refractivity contribution in [1.29, 1.82) is 0 Å². The van der Waals surface area contributed by atoms with Gasteiger partial charge in [0, 0.05) is 12.1 Å². The number of likely N-dealkylation sites (tertiary alicyclic amines) is 1. The predicted octanol–water partition coefficient (Wildman–Crippen LogP) is -0.337. The average molecular weight is 322 g/mol. The first-order valence-electron chi connectivity index (χ1n) is 9.01. The Morgan fingerprint density at radius 1 is 1.22 bits per heavy atom. The second-order valence-electron chi connectivity index (χ2n) is 8.53. The van der Waals surface area contributed by atoms with Gasteiger partial charge < -0.3 is 25.4 Å². The molecule has 5 rings (SSSR count). The quantitative estimate of drug-likeness (QED) is 0.532. The average Bonchev–Trinajstić information content (AvgIpc) is 2.91. The van der Waals surface area contributed by atoms with Gasteiger partial charge in [0.25, 0.3) is 0 Å². The first-order chi connectivity index (χ1) is 10.9. The third-order valence-corrected chi connectivity index (χ3v) is 6.61. The van der Waals surface area contributed by atoms with Crippen molar-refractivity contribution in [3.63, 3.8) is 0 Å². The molecule has 1 saturated heterocycles. The lowest BCUT2D eigenvalue weighted by molar-refractivity contribution is -0.147. The van der Waals surface area contributed by atoms with Crippen LogP contribution in [-0.2, 0) is 4.79 Å². The number of nitrogens with zero attached hydrogens (tertiary/aromatic N) is 1. The highest BCUT2D eigenvalue weighted by atomic mass is 16.4. The minimum atomic E-state index is -1.46. The van der Waals surface area contributed by atoms with Crippen molar-refractivity contribution in [3.8, 4) is 0 Å². The normalized spacial score (nSPS) is 44.8. The van der Waals surface area contributed by atoms with Crippen LogP contribution in [0.1, 0.15) is 51.4 Å². The van der Waals surface area contributed by atoms with Gasteiger partial charge in [0.2, 0.25) is 5.91 Å². The minimum Gasteiger partial charge on any atom is -0.426 e. The van der Waals surface area contributed by atoms with Crippen LogP contribution in [0, 0.1) is 11.8 Å². The molecule has 7 heteroatoms. The van der Waals surface area contributed by atoms with E-state index < -0.39 is 18.7 Å². The molecule has 6 nitrogen and oxygen atoms in total. The number of hydrogen-bond acceptors (Lipinski definition) is 5. The SMILES string of the molecule is O=C(CNC12CC3CC(CC(O)(C3)C1)C2)N1CCCC1B(O)O. The molecule has 4 saturated carbocycles. The fourth-order valence-corrected chi connectivity index (χ4v) is 6.20. The maximum atomic E-state index is 12.5. The van der Waals surface area contributed by atoms with Crippen LogP contribution in [0.3, 0.4) is 0 Å². The minimum absolute atomic E-state index is 0.0525. The van der Waals surface area contributed by atoms with E-state index >= 15 is 0 Å². The van der Waals surface area contributed by atoms with E-state index in [4.69, 9.17) is 0 Å². The zero-order chi connectivity index (χ0) is 16.2. The topological polar surface area (TPSA) is 93.0 Å². The van der Waals surface area contributed by atoms with Gasteiger partial charge in [0.15, 0.2) is 0 Å². The van der Waals surface area contributed by atoms with Gasteiger partial charge in [-0.3, -0.25) is 4.79 Å². The zero-order valence-corrected chi connectivity index (χ0v) is 13.6. The number of nitrogens with one attached hydrogen (secondary N) is 1. The Morgan fingerprint density at radius 3 is 2.52 bits per heavy atom. The Hall–Kier alpha value is -0.625. The maximum Gasteiger partial charge on any atom is 0.475 e. The Labute approximate surface area is 137 Å². The molecule has 0 aromatic heterocycles. The van der Waals surface area contributed by atoms with E-state index in [1.165, 1.54) is 6.42 Å². The van der Waals surface area contributed by atoms with Gasteiger partial charge in [-0.15, -0.1) is 0 Å². The van der Waals surface area contributed by atoms with E-state index in [2.05, 4.69) is 5.32 Å². The number of hydrogen-bond donors (Lipinski definition) is 4. The van der Waals surface area contributed by atoms with Crippen molar-refractivity contribution < 1.29 is 19.9 Å². The van der Waals surface area contributed by atoms with Gasteiger partial charge in [-0.1, -0.05) is 0 Å². The van der Waals surface area contributed by atoms with E-state index in [0.29, 0.717) is 24.8 Å². The zero-order valence-electron chi connectivity index (χ0n) is 13.6. The summed E-state index contributed by atoms with van der Waals surface area (Å²) in [6.45, 7) is 0.837. The van der Waals surface area contributed by atoms with Gasteiger partial charge in [-0.05, 0) is 63.2 Å². The number of carbonyl (C=O) groups excluding carboxylic acids is 1. The third kappa shape index (κ3) is 2.82. The summed E-state index contributed by atoms with van der Waals surface area (Å²) in [5, 5.41) is 33.1. The molecule has 0 radical (unpaired) electrons. The van der Waals surface area contributed by atoms with Crippen LogP contribution < -0.4 is 5.32 Å². The van der Waals surface area contributed by atoms with Gasteiger partial charge in [0.1, 0.15) is 0 Å². The molecular formula is C16H27BN2O4. The van der Waals surface area contributed by atoms with Crippen LogP contribution in [0.2, 0.25) is 0 Å².